The number of guanidine groups is 2. The van der Waals surface area contributed by atoms with E-state index in [1.54, 1.807) is 0 Å². The van der Waals surface area contributed by atoms with Gasteiger partial charge in [0.25, 0.3) is 5.69 Å². The van der Waals surface area contributed by atoms with Crippen LogP contribution in [0.4, 0.5) is 15.8 Å². The van der Waals surface area contributed by atoms with E-state index in [4.69, 9.17) is 17.2 Å². The number of halogens is 1. The molecule has 0 atom stereocenters. The third-order valence-corrected chi connectivity index (χ3v) is 3.03. The molecule has 0 unspecified atom stereocenters. The second-order valence-electron chi connectivity index (χ2n) is 4.77. The molecule has 0 aliphatic carbocycles. The van der Waals surface area contributed by atoms with Crippen LogP contribution in [0.3, 0.4) is 0 Å². The summed E-state index contributed by atoms with van der Waals surface area (Å²) in [6.07, 6.45) is 0. The van der Waals surface area contributed by atoms with E-state index in [1.165, 1.54) is 24.3 Å². The number of nitrogens with zero attached hydrogens (tertiary/aromatic N) is 3. The van der Waals surface area contributed by atoms with Crippen LogP contribution in [0, 0.1) is 15.9 Å². The number of nitrogens with two attached hydrogens (primary N) is 3. The lowest BCUT2D eigenvalue weighted by Crippen LogP contribution is -2.26. The smallest absolute Gasteiger partial charge is 0.270 e. The summed E-state index contributed by atoms with van der Waals surface area (Å²) >= 11 is 0. The molecule has 0 bridgehead atoms. The van der Waals surface area contributed by atoms with E-state index in [2.05, 4.69) is 9.98 Å². The molecule has 9 nitrogen and oxygen atoms in total. The van der Waals surface area contributed by atoms with Crippen LogP contribution in [-0.4, -0.2) is 22.6 Å². The summed E-state index contributed by atoms with van der Waals surface area (Å²) in [5.74, 6) is -2.29. The van der Waals surface area contributed by atoms with Crippen molar-refractivity contribution in [2.24, 2.45) is 27.2 Å². The zero-order valence-electron chi connectivity index (χ0n) is 12.7. The van der Waals surface area contributed by atoms with Crippen molar-refractivity contribution in [3.63, 3.8) is 0 Å². The van der Waals surface area contributed by atoms with Gasteiger partial charge < -0.3 is 17.2 Å². The lowest BCUT2D eigenvalue weighted by Gasteiger charge is -2.06. The Morgan fingerprint density at radius 2 is 1.76 bits per heavy atom. The minimum atomic E-state index is -0.793. The van der Waals surface area contributed by atoms with E-state index < -0.39 is 16.5 Å². The predicted molar refractivity (Wildman–Crippen MR) is 90.0 cm³/mol. The van der Waals surface area contributed by atoms with Crippen LogP contribution in [0.25, 0.3) is 0 Å². The van der Waals surface area contributed by atoms with Crippen molar-refractivity contribution in [1.82, 2.24) is 0 Å². The first kappa shape index (κ1) is 17.5. The van der Waals surface area contributed by atoms with Crippen LogP contribution >= 0.6 is 0 Å². The number of aliphatic imine (C=N–C) groups is 2. The Morgan fingerprint density at radius 3 is 2.36 bits per heavy atom. The van der Waals surface area contributed by atoms with Crippen molar-refractivity contribution < 1.29 is 14.1 Å². The minimum Gasteiger partial charge on any atom is -0.370 e. The van der Waals surface area contributed by atoms with Gasteiger partial charge in [0.1, 0.15) is 5.82 Å². The summed E-state index contributed by atoms with van der Waals surface area (Å²) in [5, 5.41) is 11.0. The van der Waals surface area contributed by atoms with Crippen molar-refractivity contribution in [2.45, 2.75) is 0 Å². The van der Waals surface area contributed by atoms with E-state index in [0.29, 0.717) is 0 Å². The SMILES string of the molecule is NC(N)=NC(N)=Nc1ccc([N+](=O)[O-])cc1C(=O)c1ccccc1F. The Bertz CT molecular complexity index is 906. The lowest BCUT2D eigenvalue weighted by atomic mass is 10.0. The van der Waals surface area contributed by atoms with Crippen molar-refractivity contribution in [1.29, 1.82) is 0 Å². The van der Waals surface area contributed by atoms with Crippen molar-refractivity contribution in [2.75, 3.05) is 0 Å². The zero-order valence-corrected chi connectivity index (χ0v) is 12.7. The summed E-state index contributed by atoms with van der Waals surface area (Å²) in [6.45, 7) is 0. The van der Waals surface area contributed by atoms with Crippen LogP contribution in [-0.2, 0) is 0 Å². The molecule has 128 valence electrons. The van der Waals surface area contributed by atoms with Crippen molar-refractivity contribution >= 4 is 29.1 Å². The first-order valence-corrected chi connectivity index (χ1v) is 6.81. The fraction of sp³-hybridized carbons (Fsp3) is 0. The molecule has 0 saturated carbocycles. The fourth-order valence-corrected chi connectivity index (χ4v) is 1.99. The maximum absolute atomic E-state index is 13.9. The Labute approximate surface area is 140 Å². The number of nitro groups is 1. The number of benzene rings is 2. The maximum Gasteiger partial charge on any atom is 0.270 e. The molecule has 2 aromatic carbocycles. The van der Waals surface area contributed by atoms with Gasteiger partial charge in [-0.25, -0.2) is 9.38 Å². The molecule has 6 N–H and O–H groups in total. The zero-order chi connectivity index (χ0) is 18.6. The Hall–Kier alpha value is -3.82. The van der Waals surface area contributed by atoms with Gasteiger partial charge >= 0.3 is 0 Å². The van der Waals surface area contributed by atoms with Crippen LogP contribution in [0.15, 0.2) is 52.4 Å². The normalized spacial score (nSPS) is 11.0. The van der Waals surface area contributed by atoms with Crippen molar-refractivity contribution in [3.8, 4) is 0 Å². The molecule has 0 fully saturated rings. The topological polar surface area (TPSA) is 163 Å². The first-order valence-electron chi connectivity index (χ1n) is 6.81. The number of rotatable bonds is 4. The molecule has 0 aliphatic rings. The number of non-ortho nitro benzene ring substituents is 1. The van der Waals surface area contributed by atoms with Gasteiger partial charge in [0, 0.05) is 12.1 Å². The van der Waals surface area contributed by atoms with E-state index in [-0.39, 0.29) is 34.4 Å². The Kier molecular flexibility index (Phi) is 5.03. The summed E-state index contributed by atoms with van der Waals surface area (Å²) in [6, 6.07) is 8.53. The van der Waals surface area contributed by atoms with E-state index in [9.17, 15) is 19.3 Å². The first-order chi connectivity index (χ1) is 11.8. The molecule has 25 heavy (non-hydrogen) atoms. The number of ketones is 1. The number of hydrogen-bond donors (Lipinski definition) is 3. The molecule has 2 rings (SSSR count). The van der Waals surface area contributed by atoms with Crippen molar-refractivity contribution in [3.05, 3.63) is 69.5 Å². The van der Waals surface area contributed by atoms with E-state index >= 15 is 0 Å². The monoisotopic (exact) mass is 344 g/mol. The summed E-state index contributed by atoms with van der Waals surface area (Å²) in [5.41, 5.74) is 15.0. The van der Waals surface area contributed by atoms with Gasteiger partial charge in [-0.15, -0.1) is 0 Å². The van der Waals surface area contributed by atoms with Gasteiger partial charge in [0.05, 0.1) is 21.7 Å². The maximum atomic E-state index is 13.9. The van der Waals surface area contributed by atoms with Gasteiger partial charge in [-0.2, -0.15) is 4.99 Å². The van der Waals surface area contributed by atoms with Crippen LogP contribution in [0.5, 0.6) is 0 Å². The highest BCUT2D eigenvalue weighted by Gasteiger charge is 2.20. The Morgan fingerprint density at radius 1 is 1.08 bits per heavy atom. The molecule has 0 amide bonds. The predicted octanol–water partition coefficient (Wildman–Crippen LogP) is 1.18. The third-order valence-electron chi connectivity index (χ3n) is 3.03. The largest absolute Gasteiger partial charge is 0.370 e. The van der Waals surface area contributed by atoms with E-state index in [0.717, 1.165) is 18.2 Å². The molecule has 0 spiro atoms. The molecule has 0 aromatic heterocycles. The minimum absolute atomic E-state index is 0.0404. The van der Waals surface area contributed by atoms with Gasteiger partial charge in [0.15, 0.2) is 11.7 Å². The summed E-state index contributed by atoms with van der Waals surface area (Å²) in [7, 11) is 0. The van der Waals surface area contributed by atoms with Crippen LogP contribution < -0.4 is 17.2 Å². The van der Waals surface area contributed by atoms with E-state index in [1.807, 2.05) is 0 Å². The van der Waals surface area contributed by atoms with Gasteiger partial charge in [-0.05, 0) is 18.2 Å². The third kappa shape index (κ3) is 4.13. The second-order valence-corrected chi connectivity index (χ2v) is 4.77. The molecule has 0 radical (unpaired) electrons. The molecule has 0 heterocycles. The average Bonchev–Trinajstić information content (AvgIpc) is 2.54. The number of carbonyl (C=O) groups is 1. The molecule has 10 heteroatoms. The molecular weight excluding hydrogens is 331 g/mol. The van der Waals surface area contributed by atoms with Crippen LogP contribution in [0.1, 0.15) is 15.9 Å². The highest BCUT2D eigenvalue weighted by Crippen LogP contribution is 2.27. The Balaban J connectivity index is 2.62. The van der Waals surface area contributed by atoms with Crippen LogP contribution in [0.2, 0.25) is 0 Å². The number of nitro benzene ring substituents is 1. The molecule has 0 aliphatic heterocycles. The molecule has 0 saturated heterocycles. The van der Waals surface area contributed by atoms with Gasteiger partial charge in [-0.1, -0.05) is 12.1 Å². The number of hydrogen-bond acceptors (Lipinski definition) is 4. The second kappa shape index (κ2) is 7.17. The standard InChI is InChI=1S/C15H13FN6O3/c16-11-4-2-1-3-9(11)13(23)10-7-8(22(24)25)5-6-12(10)20-15(19)21-14(17)18/h1-7H,(H6,17,18,19,20,21). The van der Waals surface area contributed by atoms with Gasteiger partial charge in [-0.3, -0.25) is 14.9 Å². The molecular formula is C15H13FN6O3. The molecule has 2 aromatic rings. The quantitative estimate of drug-likeness (QED) is 0.248. The number of carbonyl (C=O) groups excluding carboxylic acids is 1. The highest BCUT2D eigenvalue weighted by molar-refractivity contribution is 6.13. The summed E-state index contributed by atoms with van der Waals surface area (Å²) < 4.78 is 13.9. The average molecular weight is 344 g/mol. The fourth-order valence-electron chi connectivity index (χ4n) is 1.99. The van der Waals surface area contributed by atoms with Gasteiger partial charge in [0.2, 0.25) is 5.96 Å². The lowest BCUT2D eigenvalue weighted by molar-refractivity contribution is -0.384. The summed E-state index contributed by atoms with van der Waals surface area (Å²) in [4.78, 5) is 30.2. The highest BCUT2D eigenvalue weighted by atomic mass is 19.1.